The second kappa shape index (κ2) is 9.18. The summed E-state index contributed by atoms with van der Waals surface area (Å²) in [6.07, 6.45) is 2.17. The summed E-state index contributed by atoms with van der Waals surface area (Å²) in [6, 6.07) is 12.2. The SMILES string of the molecule is Cc1ccccc1C(=O)N/N=C1\CCCc2oc(C(=O)Nc3ccc(Cl)cc3Cl)c(C)c21. The highest BCUT2D eigenvalue weighted by Crippen LogP contribution is 2.31. The largest absolute Gasteiger partial charge is 0.455 e. The van der Waals surface area contributed by atoms with Crippen LogP contribution < -0.4 is 10.7 Å². The number of nitrogens with zero attached hydrogens (tertiary/aromatic N) is 1. The van der Waals surface area contributed by atoms with Gasteiger partial charge in [0.25, 0.3) is 11.8 Å². The maximum atomic E-state index is 12.9. The number of carbonyl (C=O) groups excluding carboxylic acids is 2. The molecular weight excluding hydrogens is 449 g/mol. The average Bonchev–Trinajstić information content (AvgIpc) is 3.11. The Bertz CT molecular complexity index is 1250. The van der Waals surface area contributed by atoms with Crippen LogP contribution in [0.25, 0.3) is 0 Å². The van der Waals surface area contributed by atoms with E-state index in [9.17, 15) is 9.59 Å². The normalized spacial score (nSPS) is 14.2. The average molecular weight is 470 g/mol. The third-order valence-electron chi connectivity index (χ3n) is 5.39. The van der Waals surface area contributed by atoms with E-state index in [1.165, 1.54) is 0 Å². The number of benzene rings is 2. The molecule has 32 heavy (non-hydrogen) atoms. The summed E-state index contributed by atoms with van der Waals surface area (Å²) in [4.78, 5) is 25.4. The molecule has 0 bridgehead atoms. The van der Waals surface area contributed by atoms with Crippen molar-refractivity contribution in [2.24, 2.45) is 5.10 Å². The number of halogens is 2. The van der Waals surface area contributed by atoms with Gasteiger partial charge in [0, 0.05) is 28.1 Å². The van der Waals surface area contributed by atoms with Crippen molar-refractivity contribution in [1.29, 1.82) is 0 Å². The number of nitrogens with one attached hydrogen (secondary N) is 2. The number of aryl methyl sites for hydroxylation is 2. The minimum absolute atomic E-state index is 0.195. The molecule has 164 valence electrons. The zero-order valence-electron chi connectivity index (χ0n) is 17.6. The first-order chi connectivity index (χ1) is 15.3. The first-order valence-corrected chi connectivity index (χ1v) is 10.9. The zero-order chi connectivity index (χ0) is 22.8. The predicted octanol–water partition coefficient (Wildman–Crippen LogP) is 5.93. The standard InChI is InChI=1S/C24H21Cl2N3O3/c1-13-6-3-4-7-16(13)23(30)29-28-19-8-5-9-20-21(19)14(2)22(32-20)24(31)27-18-11-10-15(25)12-17(18)26/h3-4,6-7,10-12H,5,8-9H2,1-2H3,(H,27,31)(H,29,30)/b28-19+. The number of carbonyl (C=O) groups is 2. The van der Waals surface area contributed by atoms with E-state index >= 15 is 0 Å². The van der Waals surface area contributed by atoms with E-state index in [1.807, 2.05) is 32.0 Å². The number of rotatable bonds is 4. The summed E-state index contributed by atoms with van der Waals surface area (Å²) in [5.74, 6) is 0.189. The monoisotopic (exact) mass is 469 g/mol. The number of hydrogen-bond donors (Lipinski definition) is 2. The van der Waals surface area contributed by atoms with Gasteiger partial charge in [-0.05, 0) is 56.5 Å². The van der Waals surface area contributed by atoms with Gasteiger partial charge in [-0.2, -0.15) is 5.10 Å². The van der Waals surface area contributed by atoms with E-state index in [0.29, 0.717) is 51.2 Å². The van der Waals surface area contributed by atoms with E-state index in [0.717, 1.165) is 17.5 Å². The summed E-state index contributed by atoms with van der Waals surface area (Å²) >= 11 is 12.1. The highest BCUT2D eigenvalue weighted by Gasteiger charge is 2.28. The molecule has 1 heterocycles. The van der Waals surface area contributed by atoms with Gasteiger partial charge < -0.3 is 9.73 Å². The Kier molecular flexibility index (Phi) is 6.35. The quantitative estimate of drug-likeness (QED) is 0.464. The molecule has 1 aromatic heterocycles. The molecule has 2 aromatic carbocycles. The van der Waals surface area contributed by atoms with Gasteiger partial charge in [0.2, 0.25) is 0 Å². The summed E-state index contributed by atoms with van der Waals surface area (Å²) in [5, 5.41) is 7.95. The van der Waals surface area contributed by atoms with Crippen LogP contribution in [-0.2, 0) is 6.42 Å². The molecular formula is C24H21Cl2N3O3. The second-order valence-corrected chi connectivity index (χ2v) is 8.44. The molecule has 2 amide bonds. The Labute approximate surface area is 195 Å². The Balaban J connectivity index is 1.58. The van der Waals surface area contributed by atoms with Crippen molar-refractivity contribution in [3.8, 4) is 0 Å². The van der Waals surface area contributed by atoms with E-state index < -0.39 is 5.91 Å². The Hall–Kier alpha value is -3.09. The molecule has 8 heteroatoms. The van der Waals surface area contributed by atoms with E-state index in [1.54, 1.807) is 24.3 Å². The first kappa shape index (κ1) is 22.1. The molecule has 0 atom stereocenters. The minimum Gasteiger partial charge on any atom is -0.455 e. The lowest BCUT2D eigenvalue weighted by Crippen LogP contribution is -2.22. The van der Waals surface area contributed by atoms with Crippen molar-refractivity contribution in [2.45, 2.75) is 33.1 Å². The van der Waals surface area contributed by atoms with Crippen molar-refractivity contribution >= 4 is 46.4 Å². The van der Waals surface area contributed by atoms with Crippen LogP contribution in [0.15, 0.2) is 52.0 Å². The number of furan rings is 1. The molecule has 6 nitrogen and oxygen atoms in total. The van der Waals surface area contributed by atoms with Gasteiger partial charge in [0.15, 0.2) is 5.76 Å². The van der Waals surface area contributed by atoms with Crippen LogP contribution in [0.4, 0.5) is 5.69 Å². The molecule has 0 unspecified atom stereocenters. The third kappa shape index (κ3) is 4.42. The molecule has 0 radical (unpaired) electrons. The molecule has 0 saturated heterocycles. The Morgan fingerprint density at radius 3 is 2.56 bits per heavy atom. The smallest absolute Gasteiger partial charge is 0.291 e. The lowest BCUT2D eigenvalue weighted by molar-refractivity contribution is 0.0953. The van der Waals surface area contributed by atoms with Gasteiger partial charge in [-0.1, -0.05) is 41.4 Å². The minimum atomic E-state index is -0.413. The maximum absolute atomic E-state index is 12.9. The van der Waals surface area contributed by atoms with Gasteiger partial charge in [0.1, 0.15) is 5.76 Å². The van der Waals surface area contributed by atoms with Crippen molar-refractivity contribution < 1.29 is 14.0 Å². The van der Waals surface area contributed by atoms with Crippen LogP contribution in [0, 0.1) is 13.8 Å². The molecule has 1 aliphatic carbocycles. The molecule has 0 fully saturated rings. The van der Waals surface area contributed by atoms with Gasteiger partial charge in [-0.25, -0.2) is 5.43 Å². The molecule has 3 aromatic rings. The second-order valence-electron chi connectivity index (χ2n) is 7.60. The van der Waals surface area contributed by atoms with Crippen LogP contribution in [0.5, 0.6) is 0 Å². The van der Waals surface area contributed by atoms with E-state index in [-0.39, 0.29) is 11.7 Å². The Morgan fingerprint density at radius 2 is 1.81 bits per heavy atom. The van der Waals surface area contributed by atoms with Crippen molar-refractivity contribution in [3.05, 3.63) is 86.3 Å². The molecule has 4 rings (SSSR count). The highest BCUT2D eigenvalue weighted by molar-refractivity contribution is 6.36. The number of amides is 2. The van der Waals surface area contributed by atoms with Crippen LogP contribution in [0.3, 0.4) is 0 Å². The lowest BCUT2D eigenvalue weighted by Gasteiger charge is -2.13. The number of hydrogen-bond acceptors (Lipinski definition) is 4. The van der Waals surface area contributed by atoms with Crippen LogP contribution in [0.1, 0.15) is 56.2 Å². The first-order valence-electron chi connectivity index (χ1n) is 10.2. The highest BCUT2D eigenvalue weighted by atomic mass is 35.5. The fraction of sp³-hybridized carbons (Fsp3) is 0.208. The zero-order valence-corrected chi connectivity index (χ0v) is 19.1. The third-order valence-corrected chi connectivity index (χ3v) is 5.94. The number of hydrazone groups is 1. The van der Waals surface area contributed by atoms with Crippen LogP contribution >= 0.6 is 23.2 Å². The lowest BCUT2D eigenvalue weighted by atomic mass is 9.93. The summed E-state index contributed by atoms with van der Waals surface area (Å²) in [7, 11) is 0. The number of anilines is 1. The molecule has 0 aliphatic heterocycles. The van der Waals surface area contributed by atoms with E-state index in [4.69, 9.17) is 27.6 Å². The Morgan fingerprint density at radius 1 is 1.03 bits per heavy atom. The molecule has 2 N–H and O–H groups in total. The predicted molar refractivity (Wildman–Crippen MR) is 126 cm³/mol. The maximum Gasteiger partial charge on any atom is 0.291 e. The molecule has 0 saturated carbocycles. The van der Waals surface area contributed by atoms with Crippen LogP contribution in [0.2, 0.25) is 10.0 Å². The van der Waals surface area contributed by atoms with Gasteiger partial charge in [-0.15, -0.1) is 0 Å². The summed E-state index contributed by atoms with van der Waals surface area (Å²) in [5.41, 5.74) is 6.66. The number of fused-ring (bicyclic) bond motifs is 1. The van der Waals surface area contributed by atoms with Crippen molar-refractivity contribution in [2.75, 3.05) is 5.32 Å². The molecule has 0 spiro atoms. The fourth-order valence-electron chi connectivity index (χ4n) is 3.77. The summed E-state index contributed by atoms with van der Waals surface area (Å²) in [6.45, 7) is 3.68. The van der Waals surface area contributed by atoms with Gasteiger partial charge >= 0.3 is 0 Å². The molecule has 1 aliphatic rings. The fourth-order valence-corrected chi connectivity index (χ4v) is 4.23. The summed E-state index contributed by atoms with van der Waals surface area (Å²) < 4.78 is 5.90. The van der Waals surface area contributed by atoms with Crippen LogP contribution in [-0.4, -0.2) is 17.5 Å². The topological polar surface area (TPSA) is 83.7 Å². The van der Waals surface area contributed by atoms with E-state index in [2.05, 4.69) is 15.8 Å². The van der Waals surface area contributed by atoms with Gasteiger partial charge in [-0.3, -0.25) is 9.59 Å². The van der Waals surface area contributed by atoms with Crippen molar-refractivity contribution in [1.82, 2.24) is 5.43 Å². The van der Waals surface area contributed by atoms with Crippen molar-refractivity contribution in [3.63, 3.8) is 0 Å². The van der Waals surface area contributed by atoms with Gasteiger partial charge in [0.05, 0.1) is 16.4 Å².